The Labute approximate surface area is 117 Å². The molecule has 1 aromatic carbocycles. The summed E-state index contributed by atoms with van der Waals surface area (Å²) in [7, 11) is 0. The molecule has 6 nitrogen and oxygen atoms in total. The minimum Gasteiger partial charge on any atom is -0.363 e. The highest BCUT2D eigenvalue weighted by Crippen LogP contribution is 2.36. The Morgan fingerprint density at radius 2 is 2.30 bits per heavy atom. The molecule has 2 unspecified atom stereocenters. The second-order valence-electron chi connectivity index (χ2n) is 5.22. The van der Waals surface area contributed by atoms with Gasteiger partial charge in [0, 0.05) is 12.6 Å². The molecule has 1 aliphatic heterocycles. The van der Waals surface area contributed by atoms with E-state index >= 15 is 0 Å². The van der Waals surface area contributed by atoms with Crippen LogP contribution in [0.5, 0.6) is 0 Å². The molecule has 0 aliphatic carbocycles. The van der Waals surface area contributed by atoms with Crippen LogP contribution in [0.3, 0.4) is 0 Å². The van der Waals surface area contributed by atoms with Crippen molar-refractivity contribution in [3.63, 3.8) is 0 Å². The first-order chi connectivity index (χ1) is 9.58. The van der Waals surface area contributed by atoms with Crippen LogP contribution in [0.2, 0.25) is 0 Å². The minimum atomic E-state index is -0.466. The van der Waals surface area contributed by atoms with Crippen molar-refractivity contribution in [3.05, 3.63) is 33.9 Å². The first-order valence-electron chi connectivity index (χ1n) is 6.72. The number of para-hydroxylation sites is 1. The van der Waals surface area contributed by atoms with Crippen LogP contribution >= 0.6 is 0 Å². The van der Waals surface area contributed by atoms with E-state index < -0.39 is 4.92 Å². The molecule has 0 spiro atoms. The fraction of sp³-hybridized carbons (Fsp3) is 0.500. The molecule has 0 amide bonds. The first kappa shape index (κ1) is 14.3. The van der Waals surface area contributed by atoms with Crippen molar-refractivity contribution in [2.24, 2.45) is 11.7 Å². The predicted molar refractivity (Wildman–Crippen MR) is 76.4 cm³/mol. The maximum absolute atomic E-state index is 11.3. The molecule has 0 bridgehead atoms. The van der Waals surface area contributed by atoms with Crippen molar-refractivity contribution in [1.82, 2.24) is 0 Å². The molecule has 2 atom stereocenters. The van der Waals surface area contributed by atoms with Crippen LogP contribution in [-0.2, 0) is 0 Å². The third kappa shape index (κ3) is 2.58. The maximum Gasteiger partial charge on any atom is 0.310 e. The Bertz CT molecular complexity index is 553. The summed E-state index contributed by atoms with van der Waals surface area (Å²) in [6.07, 6.45) is 2.00. The molecule has 20 heavy (non-hydrogen) atoms. The summed E-state index contributed by atoms with van der Waals surface area (Å²) >= 11 is 0. The molecule has 106 valence electrons. The first-order valence-corrected chi connectivity index (χ1v) is 6.72. The number of rotatable bonds is 3. The standard InChI is InChI=1S/C14H18N4O2/c1-10-5-6-11(7-15)9-17(10)13-4-2-3-12(8-16)14(13)18(19)20/h2-4,10-11H,5-7,9,15H2,1H3. The normalized spacial score (nSPS) is 22.4. The second-order valence-corrected chi connectivity index (χ2v) is 5.22. The second kappa shape index (κ2) is 5.88. The van der Waals surface area contributed by atoms with Gasteiger partial charge in [0.25, 0.3) is 0 Å². The van der Waals surface area contributed by atoms with E-state index in [0.29, 0.717) is 24.7 Å². The van der Waals surface area contributed by atoms with Crippen LogP contribution in [0.1, 0.15) is 25.3 Å². The van der Waals surface area contributed by atoms with E-state index in [9.17, 15) is 10.1 Å². The van der Waals surface area contributed by atoms with Crippen molar-refractivity contribution in [2.75, 3.05) is 18.0 Å². The lowest BCUT2D eigenvalue weighted by molar-refractivity contribution is -0.384. The Kier molecular flexibility index (Phi) is 4.20. The van der Waals surface area contributed by atoms with E-state index in [1.807, 2.05) is 11.0 Å². The molecule has 0 saturated carbocycles. The number of nitrogens with zero attached hydrogens (tertiary/aromatic N) is 3. The van der Waals surface area contributed by atoms with Crippen LogP contribution in [0.4, 0.5) is 11.4 Å². The zero-order valence-corrected chi connectivity index (χ0v) is 11.5. The number of hydrogen-bond acceptors (Lipinski definition) is 5. The van der Waals surface area contributed by atoms with Gasteiger partial charge in [0.05, 0.1) is 4.92 Å². The Morgan fingerprint density at radius 1 is 1.55 bits per heavy atom. The number of nitriles is 1. The zero-order chi connectivity index (χ0) is 14.7. The summed E-state index contributed by atoms with van der Waals surface area (Å²) in [4.78, 5) is 12.9. The fourth-order valence-corrected chi connectivity index (χ4v) is 2.76. The lowest BCUT2D eigenvalue weighted by Crippen LogP contribution is -2.44. The van der Waals surface area contributed by atoms with Crippen molar-refractivity contribution in [2.45, 2.75) is 25.8 Å². The summed E-state index contributed by atoms with van der Waals surface area (Å²) in [6.45, 7) is 3.33. The van der Waals surface area contributed by atoms with Gasteiger partial charge in [0.2, 0.25) is 0 Å². The Hall–Kier alpha value is -2.13. The van der Waals surface area contributed by atoms with Crippen molar-refractivity contribution in [3.8, 4) is 6.07 Å². The molecule has 1 aliphatic rings. The molecule has 1 aromatic rings. The summed E-state index contributed by atoms with van der Waals surface area (Å²) in [5, 5.41) is 20.4. The number of hydrogen-bond donors (Lipinski definition) is 1. The zero-order valence-electron chi connectivity index (χ0n) is 11.5. The smallest absolute Gasteiger partial charge is 0.310 e. The van der Waals surface area contributed by atoms with Crippen LogP contribution in [0, 0.1) is 27.4 Å². The van der Waals surface area contributed by atoms with Gasteiger partial charge in [-0.15, -0.1) is 0 Å². The fourth-order valence-electron chi connectivity index (χ4n) is 2.76. The number of nitrogens with two attached hydrogens (primary N) is 1. The third-order valence-electron chi connectivity index (χ3n) is 3.94. The van der Waals surface area contributed by atoms with Crippen LogP contribution in [-0.4, -0.2) is 24.1 Å². The molecule has 0 radical (unpaired) electrons. The predicted octanol–water partition coefficient (Wildman–Crippen LogP) is 2.03. The summed E-state index contributed by atoms with van der Waals surface area (Å²) in [5.41, 5.74) is 6.27. The Morgan fingerprint density at radius 3 is 2.90 bits per heavy atom. The topological polar surface area (TPSA) is 96.2 Å². The summed E-state index contributed by atoms with van der Waals surface area (Å²) in [6, 6.07) is 7.01. The number of anilines is 1. The molecule has 6 heteroatoms. The van der Waals surface area contributed by atoms with Crippen LogP contribution < -0.4 is 10.6 Å². The van der Waals surface area contributed by atoms with Gasteiger partial charge in [0.1, 0.15) is 17.3 Å². The highest BCUT2D eigenvalue weighted by Gasteiger charge is 2.31. The number of piperidine rings is 1. The van der Waals surface area contributed by atoms with Crippen LogP contribution in [0.15, 0.2) is 18.2 Å². The monoisotopic (exact) mass is 274 g/mol. The van der Waals surface area contributed by atoms with E-state index in [-0.39, 0.29) is 17.3 Å². The van der Waals surface area contributed by atoms with Gasteiger partial charge in [-0.25, -0.2) is 0 Å². The summed E-state index contributed by atoms with van der Waals surface area (Å²) in [5.74, 6) is 0.344. The third-order valence-corrected chi connectivity index (χ3v) is 3.94. The van der Waals surface area contributed by atoms with Gasteiger partial charge < -0.3 is 10.6 Å². The molecule has 1 fully saturated rings. The lowest BCUT2D eigenvalue weighted by atomic mass is 9.92. The van der Waals surface area contributed by atoms with Crippen molar-refractivity contribution < 1.29 is 4.92 Å². The Balaban J connectivity index is 2.46. The van der Waals surface area contributed by atoms with E-state index in [2.05, 4.69) is 6.92 Å². The molecule has 1 saturated heterocycles. The number of benzene rings is 1. The highest BCUT2D eigenvalue weighted by atomic mass is 16.6. The minimum absolute atomic E-state index is 0.0977. The van der Waals surface area contributed by atoms with E-state index in [0.717, 1.165) is 12.8 Å². The van der Waals surface area contributed by atoms with Gasteiger partial charge in [-0.2, -0.15) is 5.26 Å². The van der Waals surface area contributed by atoms with E-state index in [1.165, 1.54) is 6.07 Å². The SMILES string of the molecule is CC1CCC(CN)CN1c1cccc(C#N)c1[N+](=O)[O-]. The van der Waals surface area contributed by atoms with Gasteiger partial charge in [0.15, 0.2) is 0 Å². The average Bonchev–Trinajstić information content (AvgIpc) is 2.46. The molecule has 2 rings (SSSR count). The number of nitro benzene ring substituents is 1. The highest BCUT2D eigenvalue weighted by molar-refractivity contribution is 5.70. The largest absolute Gasteiger partial charge is 0.363 e. The average molecular weight is 274 g/mol. The van der Waals surface area contributed by atoms with Crippen molar-refractivity contribution in [1.29, 1.82) is 5.26 Å². The molecule has 0 aromatic heterocycles. The van der Waals surface area contributed by atoms with E-state index in [4.69, 9.17) is 11.0 Å². The van der Waals surface area contributed by atoms with Gasteiger partial charge in [-0.1, -0.05) is 6.07 Å². The molecule has 1 heterocycles. The number of nitro groups is 1. The molecular weight excluding hydrogens is 256 g/mol. The van der Waals surface area contributed by atoms with Crippen molar-refractivity contribution >= 4 is 11.4 Å². The quantitative estimate of drug-likeness (QED) is 0.672. The summed E-state index contributed by atoms with van der Waals surface area (Å²) < 4.78 is 0. The molecular formula is C14H18N4O2. The van der Waals surface area contributed by atoms with E-state index in [1.54, 1.807) is 12.1 Å². The molecule has 2 N–H and O–H groups in total. The maximum atomic E-state index is 11.3. The lowest BCUT2D eigenvalue weighted by Gasteiger charge is -2.39. The van der Waals surface area contributed by atoms with Gasteiger partial charge in [-0.05, 0) is 44.4 Å². The van der Waals surface area contributed by atoms with Gasteiger partial charge >= 0.3 is 5.69 Å². The van der Waals surface area contributed by atoms with Gasteiger partial charge in [-0.3, -0.25) is 10.1 Å². The van der Waals surface area contributed by atoms with Crippen LogP contribution in [0.25, 0.3) is 0 Å².